The van der Waals surface area contributed by atoms with E-state index in [4.69, 9.17) is 15.3 Å². The average Bonchev–Trinajstić information content (AvgIpc) is 3.37. The van der Waals surface area contributed by atoms with Gasteiger partial charge in [-0.15, -0.1) is 0 Å². The maximum Gasteiger partial charge on any atom is 0.175 e. The molecule has 0 atom stereocenters. The first-order valence-electron chi connectivity index (χ1n) is 10.9. The van der Waals surface area contributed by atoms with Crippen LogP contribution in [0.2, 0.25) is 0 Å². The number of sulfone groups is 1. The van der Waals surface area contributed by atoms with Crippen LogP contribution in [0.3, 0.4) is 0 Å². The standard InChI is InChI=1S/C25H22N6O2S/c1-34(32,33)19-10-8-18(9-11-19)25-20-12-14-27-16-23(20)31(29-25)17-24-28-21-6-2-3-7-22(21)30(24)15-5-4-13-26/h2-3,6-12,14,16H,4-5,15,17H2,1H3. The molecular weight excluding hydrogens is 448 g/mol. The maximum atomic E-state index is 11.8. The highest BCUT2D eigenvalue weighted by Crippen LogP contribution is 2.29. The van der Waals surface area contributed by atoms with Crippen LogP contribution in [0.25, 0.3) is 33.2 Å². The third-order valence-corrected chi connectivity index (χ3v) is 6.93. The molecule has 5 aromatic rings. The SMILES string of the molecule is CS(=O)(=O)c1ccc(-c2nn(Cc3nc4ccccc4n3CCCC#N)c3cnccc23)cc1. The van der Waals surface area contributed by atoms with Crippen molar-refractivity contribution in [1.29, 1.82) is 5.26 Å². The third-order valence-electron chi connectivity index (χ3n) is 5.80. The summed E-state index contributed by atoms with van der Waals surface area (Å²) in [7, 11) is -3.27. The minimum absolute atomic E-state index is 0.271. The Balaban J connectivity index is 1.58. The van der Waals surface area contributed by atoms with Crippen LogP contribution in [-0.2, 0) is 22.9 Å². The van der Waals surface area contributed by atoms with E-state index in [1.807, 2.05) is 35.0 Å². The molecule has 0 bridgehead atoms. The van der Waals surface area contributed by atoms with Crippen molar-refractivity contribution in [2.75, 3.05) is 6.26 Å². The third kappa shape index (κ3) is 4.04. The molecular formula is C25H22N6O2S. The summed E-state index contributed by atoms with van der Waals surface area (Å²) < 4.78 is 27.7. The molecule has 9 heteroatoms. The minimum Gasteiger partial charge on any atom is -0.326 e. The van der Waals surface area contributed by atoms with Gasteiger partial charge in [-0.2, -0.15) is 10.4 Å². The Hall–Kier alpha value is -4.03. The second-order valence-electron chi connectivity index (χ2n) is 8.13. The molecule has 5 rings (SSSR count). The van der Waals surface area contributed by atoms with Crippen molar-refractivity contribution in [1.82, 2.24) is 24.3 Å². The summed E-state index contributed by atoms with van der Waals surface area (Å²) in [6.45, 7) is 1.13. The molecule has 0 aliphatic heterocycles. The van der Waals surface area contributed by atoms with Gasteiger partial charge < -0.3 is 4.57 Å². The number of benzene rings is 2. The van der Waals surface area contributed by atoms with Crippen molar-refractivity contribution in [2.24, 2.45) is 0 Å². The van der Waals surface area contributed by atoms with Gasteiger partial charge in [-0.3, -0.25) is 9.67 Å². The number of hydrogen-bond donors (Lipinski definition) is 0. The lowest BCUT2D eigenvalue weighted by molar-refractivity contribution is 0.594. The average molecular weight is 471 g/mol. The molecule has 0 N–H and O–H groups in total. The highest BCUT2D eigenvalue weighted by molar-refractivity contribution is 7.90. The largest absolute Gasteiger partial charge is 0.326 e. The predicted molar refractivity (Wildman–Crippen MR) is 130 cm³/mol. The Kier molecular flexibility index (Phi) is 5.59. The number of aryl methyl sites for hydroxylation is 1. The van der Waals surface area contributed by atoms with Gasteiger partial charge in [-0.25, -0.2) is 13.4 Å². The molecule has 2 aromatic carbocycles. The Morgan fingerprint density at radius 2 is 1.82 bits per heavy atom. The topological polar surface area (TPSA) is 106 Å². The molecule has 0 aliphatic carbocycles. The second-order valence-corrected chi connectivity index (χ2v) is 10.1. The van der Waals surface area contributed by atoms with E-state index >= 15 is 0 Å². The lowest BCUT2D eigenvalue weighted by atomic mass is 10.1. The molecule has 170 valence electrons. The Morgan fingerprint density at radius 1 is 1.03 bits per heavy atom. The van der Waals surface area contributed by atoms with E-state index < -0.39 is 9.84 Å². The molecule has 0 fully saturated rings. The fourth-order valence-electron chi connectivity index (χ4n) is 4.16. The molecule has 34 heavy (non-hydrogen) atoms. The number of para-hydroxylation sites is 2. The van der Waals surface area contributed by atoms with Crippen LogP contribution in [-0.4, -0.2) is 39.0 Å². The Labute approximate surface area is 197 Å². The van der Waals surface area contributed by atoms with E-state index in [0.29, 0.717) is 19.5 Å². The van der Waals surface area contributed by atoms with Gasteiger partial charge in [0.2, 0.25) is 0 Å². The van der Waals surface area contributed by atoms with Crippen LogP contribution in [0.15, 0.2) is 71.9 Å². The molecule has 3 aromatic heterocycles. The van der Waals surface area contributed by atoms with Gasteiger partial charge in [-0.05, 0) is 36.8 Å². The van der Waals surface area contributed by atoms with Crippen molar-refractivity contribution in [3.05, 3.63) is 72.8 Å². The molecule has 0 saturated carbocycles. The number of unbranched alkanes of at least 4 members (excludes halogenated alkanes) is 1. The maximum absolute atomic E-state index is 11.8. The fourth-order valence-corrected chi connectivity index (χ4v) is 4.79. The van der Waals surface area contributed by atoms with Crippen molar-refractivity contribution in [3.8, 4) is 17.3 Å². The first-order chi connectivity index (χ1) is 16.5. The van der Waals surface area contributed by atoms with Gasteiger partial charge in [0.05, 0.1) is 40.3 Å². The Morgan fingerprint density at radius 3 is 2.59 bits per heavy atom. The van der Waals surface area contributed by atoms with E-state index in [9.17, 15) is 8.42 Å². The number of pyridine rings is 1. The van der Waals surface area contributed by atoms with Gasteiger partial charge in [-0.1, -0.05) is 24.3 Å². The highest BCUT2D eigenvalue weighted by atomic mass is 32.2. The number of nitriles is 1. The normalized spacial score (nSPS) is 11.8. The monoisotopic (exact) mass is 470 g/mol. The van der Waals surface area contributed by atoms with Gasteiger partial charge in [0, 0.05) is 36.4 Å². The molecule has 0 spiro atoms. The molecule has 0 aliphatic rings. The Bertz CT molecular complexity index is 1640. The molecule has 0 saturated heterocycles. The van der Waals surface area contributed by atoms with Gasteiger partial charge in [0.1, 0.15) is 11.5 Å². The first kappa shape index (κ1) is 21.8. The number of imidazole rings is 1. The zero-order valence-electron chi connectivity index (χ0n) is 18.6. The molecule has 0 amide bonds. The molecule has 8 nitrogen and oxygen atoms in total. The van der Waals surface area contributed by atoms with E-state index in [-0.39, 0.29) is 4.90 Å². The van der Waals surface area contributed by atoms with Crippen molar-refractivity contribution >= 4 is 31.8 Å². The summed E-state index contributed by atoms with van der Waals surface area (Å²) in [4.78, 5) is 9.41. The number of hydrogen-bond acceptors (Lipinski definition) is 6. The summed E-state index contributed by atoms with van der Waals surface area (Å²) in [6.07, 6.45) is 5.91. The zero-order valence-corrected chi connectivity index (χ0v) is 19.4. The molecule has 0 radical (unpaired) electrons. The van der Waals surface area contributed by atoms with E-state index in [0.717, 1.165) is 45.4 Å². The predicted octanol–water partition coefficient (Wildman–Crippen LogP) is 4.20. The summed E-state index contributed by atoms with van der Waals surface area (Å²) in [5.41, 5.74) is 4.37. The number of rotatable bonds is 7. The second kappa shape index (κ2) is 8.72. The number of nitrogens with zero attached hydrogens (tertiary/aromatic N) is 6. The number of fused-ring (bicyclic) bond motifs is 2. The fraction of sp³-hybridized carbons (Fsp3) is 0.200. The van der Waals surface area contributed by atoms with Crippen LogP contribution < -0.4 is 0 Å². The summed E-state index contributed by atoms with van der Waals surface area (Å²) in [5, 5.41) is 14.8. The lowest BCUT2D eigenvalue weighted by Gasteiger charge is -2.09. The van der Waals surface area contributed by atoms with Crippen LogP contribution in [0.4, 0.5) is 0 Å². The van der Waals surface area contributed by atoms with Crippen molar-refractivity contribution in [2.45, 2.75) is 30.8 Å². The quantitative estimate of drug-likeness (QED) is 0.330. The molecule has 3 heterocycles. The van der Waals surface area contributed by atoms with E-state index in [2.05, 4.69) is 15.6 Å². The summed E-state index contributed by atoms with van der Waals surface area (Å²) in [6, 6.07) is 18.9. The van der Waals surface area contributed by atoms with Crippen molar-refractivity contribution < 1.29 is 8.42 Å². The highest BCUT2D eigenvalue weighted by Gasteiger charge is 2.17. The molecule has 0 unspecified atom stereocenters. The number of aromatic nitrogens is 5. The summed E-state index contributed by atoms with van der Waals surface area (Å²) >= 11 is 0. The smallest absolute Gasteiger partial charge is 0.175 e. The van der Waals surface area contributed by atoms with Gasteiger partial charge >= 0.3 is 0 Å². The van der Waals surface area contributed by atoms with Crippen LogP contribution in [0.5, 0.6) is 0 Å². The van der Waals surface area contributed by atoms with Crippen LogP contribution >= 0.6 is 0 Å². The zero-order chi connectivity index (χ0) is 23.7. The first-order valence-corrected chi connectivity index (χ1v) is 12.8. The minimum atomic E-state index is -3.27. The van der Waals surface area contributed by atoms with Gasteiger partial charge in [0.25, 0.3) is 0 Å². The lowest BCUT2D eigenvalue weighted by Crippen LogP contribution is -2.10. The van der Waals surface area contributed by atoms with E-state index in [1.54, 1.807) is 36.7 Å². The summed E-state index contributed by atoms with van der Waals surface area (Å²) in [5.74, 6) is 0.853. The van der Waals surface area contributed by atoms with Gasteiger partial charge in [0.15, 0.2) is 9.84 Å². The van der Waals surface area contributed by atoms with Crippen LogP contribution in [0.1, 0.15) is 18.7 Å². The van der Waals surface area contributed by atoms with Crippen LogP contribution in [0, 0.1) is 11.3 Å². The van der Waals surface area contributed by atoms with Crippen molar-refractivity contribution in [3.63, 3.8) is 0 Å². The van der Waals surface area contributed by atoms with E-state index in [1.165, 1.54) is 6.26 Å².